The monoisotopic (exact) mass is 246 g/mol. The molecule has 3 nitrogen and oxygen atoms in total. The number of halogens is 1. The highest BCUT2D eigenvalue weighted by Crippen LogP contribution is 2.15. The van der Waals surface area contributed by atoms with Gasteiger partial charge in [0.15, 0.2) is 0 Å². The molecule has 0 heterocycles. The van der Waals surface area contributed by atoms with Gasteiger partial charge in [-0.1, -0.05) is 18.2 Å². The van der Waals surface area contributed by atoms with E-state index < -0.39 is 11.8 Å². The Morgan fingerprint density at radius 3 is 2.56 bits per heavy atom. The Balaban J connectivity index is 2.14. The van der Waals surface area contributed by atoms with Crippen LogP contribution in [-0.4, -0.2) is 11.1 Å². The highest BCUT2D eigenvalue weighted by atomic mass is 19.1. The first-order chi connectivity index (χ1) is 8.66. The van der Waals surface area contributed by atoms with Gasteiger partial charge in [0.25, 0.3) is 0 Å². The van der Waals surface area contributed by atoms with Crippen LogP contribution in [0, 0.1) is 5.82 Å². The maximum atomic E-state index is 13.5. The minimum atomic E-state index is -1.09. The number of hydrogen-bond acceptors (Lipinski definition) is 2. The van der Waals surface area contributed by atoms with Crippen molar-refractivity contribution < 1.29 is 19.0 Å². The zero-order valence-corrected chi connectivity index (χ0v) is 9.47. The SMILES string of the molecule is O=C(O)c1ccc(F)c(COc2ccccc2)c1. The van der Waals surface area contributed by atoms with Crippen LogP contribution in [0.4, 0.5) is 4.39 Å². The molecule has 4 heteroatoms. The van der Waals surface area contributed by atoms with Crippen LogP contribution < -0.4 is 4.74 Å². The maximum absolute atomic E-state index is 13.5. The Kier molecular flexibility index (Phi) is 3.57. The molecule has 0 atom stereocenters. The van der Waals surface area contributed by atoms with Crippen molar-refractivity contribution in [2.45, 2.75) is 6.61 Å². The van der Waals surface area contributed by atoms with E-state index in [1.54, 1.807) is 24.3 Å². The summed E-state index contributed by atoms with van der Waals surface area (Å²) in [5, 5.41) is 8.82. The van der Waals surface area contributed by atoms with Gasteiger partial charge in [0.2, 0.25) is 0 Å². The topological polar surface area (TPSA) is 46.5 Å². The van der Waals surface area contributed by atoms with Crippen molar-refractivity contribution in [3.63, 3.8) is 0 Å². The van der Waals surface area contributed by atoms with Crippen LogP contribution in [0.25, 0.3) is 0 Å². The fourth-order valence-electron chi connectivity index (χ4n) is 1.50. The van der Waals surface area contributed by atoms with Crippen LogP contribution >= 0.6 is 0 Å². The van der Waals surface area contributed by atoms with Gasteiger partial charge in [-0.15, -0.1) is 0 Å². The van der Waals surface area contributed by atoms with Gasteiger partial charge in [0.05, 0.1) is 5.56 Å². The van der Waals surface area contributed by atoms with Crippen LogP contribution in [0.1, 0.15) is 15.9 Å². The number of para-hydroxylation sites is 1. The van der Waals surface area contributed by atoms with Crippen molar-refractivity contribution in [1.82, 2.24) is 0 Å². The van der Waals surface area contributed by atoms with Gasteiger partial charge in [-0.25, -0.2) is 9.18 Å². The molecule has 2 aromatic carbocycles. The van der Waals surface area contributed by atoms with Gasteiger partial charge in [-0.2, -0.15) is 0 Å². The summed E-state index contributed by atoms with van der Waals surface area (Å²) in [6.45, 7) is -0.00301. The third-order valence-electron chi connectivity index (χ3n) is 2.43. The van der Waals surface area contributed by atoms with E-state index in [2.05, 4.69) is 0 Å². The predicted octanol–water partition coefficient (Wildman–Crippen LogP) is 3.10. The molecule has 0 aliphatic rings. The molecule has 0 aromatic heterocycles. The van der Waals surface area contributed by atoms with E-state index in [0.29, 0.717) is 5.75 Å². The van der Waals surface area contributed by atoms with Crippen molar-refractivity contribution in [2.24, 2.45) is 0 Å². The number of benzene rings is 2. The number of ether oxygens (including phenoxy) is 1. The van der Waals surface area contributed by atoms with Gasteiger partial charge < -0.3 is 9.84 Å². The van der Waals surface area contributed by atoms with E-state index in [0.717, 1.165) is 6.07 Å². The number of carbonyl (C=O) groups is 1. The van der Waals surface area contributed by atoms with Gasteiger partial charge in [-0.3, -0.25) is 0 Å². The second-order valence-electron chi connectivity index (χ2n) is 3.71. The van der Waals surface area contributed by atoms with Gasteiger partial charge >= 0.3 is 5.97 Å². The van der Waals surface area contributed by atoms with E-state index in [1.165, 1.54) is 12.1 Å². The van der Waals surface area contributed by atoms with Crippen molar-refractivity contribution in [3.8, 4) is 5.75 Å². The van der Waals surface area contributed by atoms with Gasteiger partial charge in [-0.05, 0) is 30.3 Å². The summed E-state index contributed by atoms with van der Waals surface area (Å²) in [5.74, 6) is -0.954. The molecule has 2 rings (SSSR count). The molecule has 0 fully saturated rings. The molecule has 0 saturated heterocycles. The minimum Gasteiger partial charge on any atom is -0.489 e. The first-order valence-electron chi connectivity index (χ1n) is 5.36. The normalized spacial score (nSPS) is 10.1. The molecule has 0 aliphatic heterocycles. The first-order valence-corrected chi connectivity index (χ1v) is 5.36. The molecule has 0 amide bonds. The Bertz CT molecular complexity index is 552. The van der Waals surface area contributed by atoms with Gasteiger partial charge in [0, 0.05) is 5.56 Å². The summed E-state index contributed by atoms with van der Waals surface area (Å²) in [6.07, 6.45) is 0. The second-order valence-corrected chi connectivity index (χ2v) is 3.71. The Labute approximate surface area is 103 Å². The molecule has 0 spiro atoms. The van der Waals surface area contributed by atoms with Crippen molar-refractivity contribution in [3.05, 3.63) is 65.5 Å². The lowest BCUT2D eigenvalue weighted by molar-refractivity contribution is 0.0696. The highest BCUT2D eigenvalue weighted by molar-refractivity contribution is 5.87. The van der Waals surface area contributed by atoms with E-state index in [4.69, 9.17) is 9.84 Å². The lowest BCUT2D eigenvalue weighted by atomic mass is 10.1. The molecular weight excluding hydrogens is 235 g/mol. The third-order valence-corrected chi connectivity index (χ3v) is 2.43. The molecule has 0 aliphatic carbocycles. The maximum Gasteiger partial charge on any atom is 0.335 e. The highest BCUT2D eigenvalue weighted by Gasteiger charge is 2.08. The molecule has 0 bridgehead atoms. The minimum absolute atomic E-state index is 0.00301. The van der Waals surface area contributed by atoms with E-state index in [-0.39, 0.29) is 17.7 Å². The zero-order valence-electron chi connectivity index (χ0n) is 9.47. The summed E-state index contributed by atoms with van der Waals surface area (Å²) in [5.41, 5.74) is 0.266. The van der Waals surface area contributed by atoms with Crippen molar-refractivity contribution in [2.75, 3.05) is 0 Å². The third kappa shape index (κ3) is 2.85. The lowest BCUT2D eigenvalue weighted by Crippen LogP contribution is -2.03. The van der Waals surface area contributed by atoms with Gasteiger partial charge in [0.1, 0.15) is 18.2 Å². The standard InChI is InChI=1S/C14H11FO3/c15-13-7-6-10(14(16)17)8-11(13)9-18-12-4-2-1-3-5-12/h1-8H,9H2,(H,16,17). The average molecular weight is 246 g/mol. The number of carboxylic acid groups (broad SMARTS) is 1. The Morgan fingerprint density at radius 2 is 1.89 bits per heavy atom. The number of hydrogen-bond donors (Lipinski definition) is 1. The number of carboxylic acids is 1. The largest absolute Gasteiger partial charge is 0.489 e. The Hall–Kier alpha value is -2.36. The molecule has 2 aromatic rings. The smallest absolute Gasteiger partial charge is 0.335 e. The fraction of sp³-hybridized carbons (Fsp3) is 0.0714. The zero-order chi connectivity index (χ0) is 13.0. The molecule has 18 heavy (non-hydrogen) atoms. The van der Waals surface area contributed by atoms with Crippen LogP contribution in [0.15, 0.2) is 48.5 Å². The molecular formula is C14H11FO3. The molecule has 0 radical (unpaired) electrons. The second kappa shape index (κ2) is 5.31. The van der Waals surface area contributed by atoms with Crippen molar-refractivity contribution in [1.29, 1.82) is 0 Å². The summed E-state index contributed by atoms with van der Waals surface area (Å²) < 4.78 is 18.8. The summed E-state index contributed by atoms with van der Waals surface area (Å²) in [7, 11) is 0. The average Bonchev–Trinajstić information content (AvgIpc) is 2.38. The summed E-state index contributed by atoms with van der Waals surface area (Å²) >= 11 is 0. The van der Waals surface area contributed by atoms with E-state index >= 15 is 0 Å². The fourth-order valence-corrected chi connectivity index (χ4v) is 1.50. The van der Waals surface area contributed by atoms with E-state index in [1.807, 2.05) is 6.07 Å². The lowest BCUT2D eigenvalue weighted by Gasteiger charge is -2.07. The Morgan fingerprint density at radius 1 is 1.17 bits per heavy atom. The summed E-state index contributed by atoms with van der Waals surface area (Å²) in [4.78, 5) is 10.8. The quantitative estimate of drug-likeness (QED) is 0.901. The molecule has 0 saturated carbocycles. The van der Waals surface area contributed by atoms with E-state index in [9.17, 15) is 9.18 Å². The van der Waals surface area contributed by atoms with Crippen LogP contribution in [0.5, 0.6) is 5.75 Å². The van der Waals surface area contributed by atoms with Crippen LogP contribution in [0.2, 0.25) is 0 Å². The van der Waals surface area contributed by atoms with Crippen LogP contribution in [0.3, 0.4) is 0 Å². The van der Waals surface area contributed by atoms with Crippen molar-refractivity contribution >= 4 is 5.97 Å². The summed E-state index contributed by atoms with van der Waals surface area (Å²) in [6, 6.07) is 12.6. The molecule has 1 N–H and O–H groups in total. The predicted molar refractivity (Wildman–Crippen MR) is 64.1 cm³/mol. The number of aromatic carboxylic acids is 1. The van der Waals surface area contributed by atoms with Crippen LogP contribution in [-0.2, 0) is 6.61 Å². The molecule has 0 unspecified atom stereocenters. The number of rotatable bonds is 4. The first kappa shape index (κ1) is 12.1. The molecule has 92 valence electrons.